The van der Waals surface area contributed by atoms with E-state index in [2.05, 4.69) is 9.97 Å². The molecule has 0 radical (unpaired) electrons. The maximum atomic E-state index is 12.8. The lowest BCUT2D eigenvalue weighted by Crippen LogP contribution is -2.11. The Morgan fingerprint density at radius 1 is 0.900 bits per heavy atom. The number of para-hydroxylation sites is 2. The molecule has 0 amide bonds. The third-order valence-electron chi connectivity index (χ3n) is 4.70. The molecule has 0 saturated carbocycles. The van der Waals surface area contributed by atoms with Crippen molar-refractivity contribution in [2.24, 2.45) is 0 Å². The highest BCUT2D eigenvalue weighted by Gasteiger charge is 2.14. The van der Waals surface area contributed by atoms with Gasteiger partial charge in [0.05, 0.1) is 28.2 Å². The summed E-state index contributed by atoms with van der Waals surface area (Å²) in [7, 11) is 0. The Hall–Kier alpha value is -4.32. The van der Waals surface area contributed by atoms with E-state index in [9.17, 15) is 9.59 Å². The van der Waals surface area contributed by atoms with Crippen LogP contribution in [0.5, 0.6) is 5.75 Å². The number of esters is 1. The van der Waals surface area contributed by atoms with E-state index in [0.29, 0.717) is 27.6 Å². The van der Waals surface area contributed by atoms with Crippen LogP contribution in [0.25, 0.3) is 33.1 Å². The Balaban J connectivity index is 1.46. The highest BCUT2D eigenvalue weighted by atomic mass is 16.5. The van der Waals surface area contributed by atoms with Crippen LogP contribution < -0.4 is 10.2 Å². The molecule has 0 N–H and O–H groups in total. The van der Waals surface area contributed by atoms with Crippen molar-refractivity contribution in [1.29, 1.82) is 0 Å². The number of carbonyl (C=O) groups is 1. The molecule has 3 aromatic carbocycles. The smallest absolute Gasteiger partial charge is 0.363 e. The van der Waals surface area contributed by atoms with Gasteiger partial charge in [0, 0.05) is 6.07 Å². The molecule has 5 rings (SSSR count). The number of benzene rings is 3. The van der Waals surface area contributed by atoms with Crippen LogP contribution >= 0.6 is 0 Å². The fourth-order valence-corrected chi connectivity index (χ4v) is 3.20. The predicted octanol–water partition coefficient (Wildman–Crippen LogP) is 4.62. The minimum absolute atomic E-state index is 0.0923. The molecule has 0 aliphatic rings. The zero-order chi connectivity index (χ0) is 20.5. The number of carbonyl (C=O) groups excluding carboxylic acids is 1. The Kier molecular flexibility index (Phi) is 4.29. The van der Waals surface area contributed by atoms with Crippen molar-refractivity contribution < 1.29 is 13.9 Å². The highest BCUT2D eigenvalue weighted by molar-refractivity contribution is 5.91. The molecular formula is C24H14N2O4. The molecule has 0 fully saturated rings. The number of rotatable bonds is 3. The summed E-state index contributed by atoms with van der Waals surface area (Å²) in [5, 5.41) is 0.404. The number of aromatic nitrogens is 2. The summed E-state index contributed by atoms with van der Waals surface area (Å²) in [5.41, 5.74) is 2.81. The van der Waals surface area contributed by atoms with Gasteiger partial charge in [0.1, 0.15) is 17.6 Å². The minimum atomic E-state index is -0.643. The lowest BCUT2D eigenvalue weighted by atomic mass is 10.1. The van der Waals surface area contributed by atoms with Crippen LogP contribution in [-0.4, -0.2) is 15.9 Å². The number of nitrogens with zero attached hydrogens (tertiary/aromatic N) is 2. The average molecular weight is 394 g/mol. The lowest BCUT2D eigenvalue weighted by molar-refractivity contribution is 0.0728. The van der Waals surface area contributed by atoms with Crippen LogP contribution in [0.15, 0.2) is 94.5 Å². The van der Waals surface area contributed by atoms with Gasteiger partial charge in [-0.1, -0.05) is 42.5 Å². The van der Waals surface area contributed by atoms with Crippen molar-refractivity contribution in [3.63, 3.8) is 0 Å². The first kappa shape index (κ1) is 17.8. The third-order valence-corrected chi connectivity index (χ3v) is 4.70. The molecule has 6 nitrogen and oxygen atoms in total. The molecule has 2 aromatic heterocycles. The van der Waals surface area contributed by atoms with Gasteiger partial charge in [-0.3, -0.25) is 9.78 Å². The SMILES string of the molecule is O=C(Oc1ccc2c(=O)c(-c3ccccc3)coc2c1)c1cnc2ccccc2n1. The van der Waals surface area contributed by atoms with Crippen molar-refractivity contribution in [3.8, 4) is 16.9 Å². The van der Waals surface area contributed by atoms with Gasteiger partial charge in [0.25, 0.3) is 0 Å². The summed E-state index contributed by atoms with van der Waals surface area (Å²) < 4.78 is 11.1. The first-order valence-electron chi connectivity index (χ1n) is 9.24. The van der Waals surface area contributed by atoms with Crippen molar-refractivity contribution >= 4 is 28.0 Å². The minimum Gasteiger partial charge on any atom is -0.463 e. The molecule has 0 bridgehead atoms. The molecule has 30 heavy (non-hydrogen) atoms. The summed E-state index contributed by atoms with van der Waals surface area (Å²) in [5.74, 6) is -0.395. The monoisotopic (exact) mass is 394 g/mol. The van der Waals surface area contributed by atoms with Crippen LogP contribution in [0.4, 0.5) is 0 Å². The zero-order valence-electron chi connectivity index (χ0n) is 15.6. The summed E-state index contributed by atoms with van der Waals surface area (Å²) in [6.45, 7) is 0. The van der Waals surface area contributed by atoms with Crippen LogP contribution in [0.2, 0.25) is 0 Å². The maximum absolute atomic E-state index is 12.8. The van der Waals surface area contributed by atoms with Gasteiger partial charge in [-0.25, -0.2) is 9.78 Å². The lowest BCUT2D eigenvalue weighted by Gasteiger charge is -2.06. The Bertz CT molecular complexity index is 1460. The molecule has 0 atom stereocenters. The summed E-state index contributed by atoms with van der Waals surface area (Å²) in [4.78, 5) is 33.8. The topological polar surface area (TPSA) is 82.3 Å². The quantitative estimate of drug-likeness (QED) is 0.328. The molecular weight excluding hydrogens is 380 g/mol. The van der Waals surface area contributed by atoms with Gasteiger partial charge in [-0.2, -0.15) is 0 Å². The van der Waals surface area contributed by atoms with E-state index in [0.717, 1.165) is 5.56 Å². The van der Waals surface area contributed by atoms with E-state index in [1.165, 1.54) is 18.5 Å². The van der Waals surface area contributed by atoms with Gasteiger partial charge in [0.2, 0.25) is 0 Å². The van der Waals surface area contributed by atoms with E-state index in [1.807, 2.05) is 48.5 Å². The second kappa shape index (κ2) is 7.25. The summed E-state index contributed by atoms with van der Waals surface area (Å²) in [6.07, 6.45) is 2.79. The summed E-state index contributed by atoms with van der Waals surface area (Å²) in [6, 6.07) is 21.2. The predicted molar refractivity (Wildman–Crippen MR) is 112 cm³/mol. The first-order chi connectivity index (χ1) is 14.7. The van der Waals surface area contributed by atoms with Crippen LogP contribution in [0.1, 0.15) is 10.5 Å². The fourth-order valence-electron chi connectivity index (χ4n) is 3.20. The van der Waals surface area contributed by atoms with Crippen LogP contribution in [0, 0.1) is 0 Å². The van der Waals surface area contributed by atoms with Crippen molar-refractivity contribution in [3.05, 3.63) is 101 Å². The molecule has 0 saturated heterocycles. The Labute approximate surface area is 170 Å². The van der Waals surface area contributed by atoms with E-state index in [1.54, 1.807) is 18.2 Å². The zero-order valence-corrected chi connectivity index (χ0v) is 15.6. The standard InChI is InChI=1S/C24H14N2O4/c27-23-17-11-10-16(12-22(17)29-14-18(23)15-6-2-1-3-7-15)30-24(28)21-13-25-19-8-4-5-9-20(19)26-21/h1-14H. The van der Waals surface area contributed by atoms with Crippen LogP contribution in [-0.2, 0) is 0 Å². The van der Waals surface area contributed by atoms with Crippen molar-refractivity contribution in [1.82, 2.24) is 9.97 Å². The Morgan fingerprint density at radius 2 is 1.67 bits per heavy atom. The second-order valence-electron chi connectivity index (χ2n) is 6.64. The maximum Gasteiger partial charge on any atom is 0.363 e. The van der Waals surface area contributed by atoms with Gasteiger partial charge in [-0.15, -0.1) is 0 Å². The molecule has 0 spiro atoms. The van der Waals surface area contributed by atoms with Crippen molar-refractivity contribution in [2.45, 2.75) is 0 Å². The number of ether oxygens (including phenoxy) is 1. The Morgan fingerprint density at radius 3 is 2.50 bits per heavy atom. The summed E-state index contributed by atoms with van der Waals surface area (Å²) >= 11 is 0. The highest BCUT2D eigenvalue weighted by Crippen LogP contribution is 2.23. The molecule has 0 aliphatic heterocycles. The fraction of sp³-hybridized carbons (Fsp3) is 0. The van der Waals surface area contributed by atoms with E-state index >= 15 is 0 Å². The second-order valence-corrected chi connectivity index (χ2v) is 6.64. The molecule has 6 heteroatoms. The normalized spacial score (nSPS) is 10.9. The van der Waals surface area contributed by atoms with Crippen LogP contribution in [0.3, 0.4) is 0 Å². The molecule has 144 valence electrons. The molecule has 5 aromatic rings. The van der Waals surface area contributed by atoms with Gasteiger partial charge in [-0.05, 0) is 29.8 Å². The van der Waals surface area contributed by atoms with E-state index in [-0.39, 0.29) is 16.9 Å². The number of fused-ring (bicyclic) bond motifs is 2. The number of hydrogen-bond acceptors (Lipinski definition) is 6. The molecule has 0 unspecified atom stereocenters. The third kappa shape index (κ3) is 3.20. The van der Waals surface area contributed by atoms with E-state index < -0.39 is 5.97 Å². The van der Waals surface area contributed by atoms with Gasteiger partial charge in [0.15, 0.2) is 11.1 Å². The molecule has 2 heterocycles. The van der Waals surface area contributed by atoms with Crippen molar-refractivity contribution in [2.75, 3.05) is 0 Å². The first-order valence-corrected chi connectivity index (χ1v) is 9.24. The largest absolute Gasteiger partial charge is 0.463 e. The molecule has 0 aliphatic carbocycles. The van der Waals surface area contributed by atoms with Gasteiger partial charge < -0.3 is 9.15 Å². The number of hydrogen-bond donors (Lipinski definition) is 0. The average Bonchev–Trinajstić information content (AvgIpc) is 2.79. The van der Waals surface area contributed by atoms with Gasteiger partial charge >= 0.3 is 5.97 Å². The van der Waals surface area contributed by atoms with E-state index in [4.69, 9.17) is 9.15 Å².